The van der Waals surface area contributed by atoms with Crippen molar-refractivity contribution in [2.45, 2.75) is 6.54 Å². The van der Waals surface area contributed by atoms with E-state index >= 15 is 0 Å². The number of benzene rings is 1. The molecule has 0 saturated carbocycles. The predicted octanol–water partition coefficient (Wildman–Crippen LogP) is 2.59. The molecule has 2 aromatic rings. The lowest BCUT2D eigenvalue weighted by Crippen LogP contribution is -2.01. The van der Waals surface area contributed by atoms with E-state index in [0.717, 1.165) is 17.3 Å². The molecule has 0 fully saturated rings. The van der Waals surface area contributed by atoms with E-state index in [1.807, 2.05) is 24.3 Å². The van der Waals surface area contributed by atoms with Crippen LogP contribution in [0.25, 0.3) is 0 Å². The molecule has 1 aromatic carbocycles. The molecule has 0 unspecified atom stereocenters. The van der Waals surface area contributed by atoms with Crippen molar-refractivity contribution in [3.8, 4) is 5.75 Å². The summed E-state index contributed by atoms with van der Waals surface area (Å²) in [5, 5.41) is 3.26. The standard InChI is InChI=1S/C13H15N3O/c1-2-8-17-12-5-3-4-11(9-12)16-10-13-14-6-7-15-13/h2-7,9,16H,1,8,10H2,(H,14,15). The molecule has 4 nitrogen and oxygen atoms in total. The zero-order valence-corrected chi connectivity index (χ0v) is 9.52. The molecule has 1 heterocycles. The normalized spacial score (nSPS) is 9.88. The molecule has 2 rings (SSSR count). The Morgan fingerprint density at radius 1 is 1.47 bits per heavy atom. The highest BCUT2D eigenvalue weighted by Crippen LogP contribution is 2.17. The Bertz CT molecular complexity index is 465. The highest BCUT2D eigenvalue weighted by atomic mass is 16.5. The van der Waals surface area contributed by atoms with Crippen molar-refractivity contribution in [1.29, 1.82) is 0 Å². The Morgan fingerprint density at radius 3 is 3.18 bits per heavy atom. The van der Waals surface area contributed by atoms with Crippen LogP contribution >= 0.6 is 0 Å². The van der Waals surface area contributed by atoms with Crippen molar-refractivity contribution in [3.63, 3.8) is 0 Å². The third-order valence-electron chi connectivity index (χ3n) is 2.22. The monoisotopic (exact) mass is 229 g/mol. The number of aromatic amines is 1. The van der Waals surface area contributed by atoms with E-state index < -0.39 is 0 Å². The molecule has 1 aromatic heterocycles. The van der Waals surface area contributed by atoms with Crippen molar-refractivity contribution in [1.82, 2.24) is 9.97 Å². The molecule has 0 saturated heterocycles. The number of rotatable bonds is 6. The van der Waals surface area contributed by atoms with Crippen LogP contribution in [0.5, 0.6) is 5.75 Å². The van der Waals surface area contributed by atoms with Gasteiger partial charge in [0.25, 0.3) is 0 Å². The van der Waals surface area contributed by atoms with E-state index in [9.17, 15) is 0 Å². The smallest absolute Gasteiger partial charge is 0.125 e. The number of nitrogens with zero attached hydrogens (tertiary/aromatic N) is 1. The van der Waals surface area contributed by atoms with Gasteiger partial charge in [-0.3, -0.25) is 0 Å². The highest BCUT2D eigenvalue weighted by molar-refractivity contribution is 5.48. The average molecular weight is 229 g/mol. The number of hydrogen-bond donors (Lipinski definition) is 2. The quantitative estimate of drug-likeness (QED) is 0.748. The van der Waals surface area contributed by atoms with Gasteiger partial charge in [0.2, 0.25) is 0 Å². The summed E-state index contributed by atoms with van der Waals surface area (Å²) in [6.45, 7) is 4.80. The van der Waals surface area contributed by atoms with E-state index in [4.69, 9.17) is 4.74 Å². The molecule has 0 amide bonds. The topological polar surface area (TPSA) is 49.9 Å². The number of anilines is 1. The summed E-state index contributed by atoms with van der Waals surface area (Å²) in [4.78, 5) is 7.18. The highest BCUT2D eigenvalue weighted by Gasteiger charge is 1.97. The molecule has 88 valence electrons. The first kappa shape index (κ1) is 11.3. The second-order valence-electron chi connectivity index (χ2n) is 3.52. The lowest BCUT2D eigenvalue weighted by Gasteiger charge is -2.07. The number of hydrogen-bond acceptors (Lipinski definition) is 3. The van der Waals surface area contributed by atoms with Crippen molar-refractivity contribution < 1.29 is 4.74 Å². The summed E-state index contributed by atoms with van der Waals surface area (Å²) in [5.41, 5.74) is 1.00. The first-order chi connectivity index (χ1) is 8.38. The van der Waals surface area contributed by atoms with Crippen molar-refractivity contribution in [2.24, 2.45) is 0 Å². The van der Waals surface area contributed by atoms with Crippen molar-refractivity contribution >= 4 is 5.69 Å². The number of aromatic nitrogens is 2. The first-order valence-corrected chi connectivity index (χ1v) is 5.44. The van der Waals surface area contributed by atoms with E-state index in [1.54, 1.807) is 18.5 Å². The molecular weight excluding hydrogens is 214 g/mol. The minimum Gasteiger partial charge on any atom is -0.489 e. The van der Waals surface area contributed by atoms with E-state index in [2.05, 4.69) is 21.9 Å². The Kier molecular flexibility index (Phi) is 3.81. The van der Waals surface area contributed by atoms with Crippen LogP contribution in [0.4, 0.5) is 5.69 Å². The van der Waals surface area contributed by atoms with Gasteiger partial charge < -0.3 is 15.0 Å². The van der Waals surface area contributed by atoms with E-state index in [-0.39, 0.29) is 0 Å². The first-order valence-electron chi connectivity index (χ1n) is 5.44. The van der Waals surface area contributed by atoms with Gasteiger partial charge in [-0.2, -0.15) is 0 Å². The molecule has 0 aliphatic carbocycles. The molecule has 0 bridgehead atoms. The fraction of sp³-hybridized carbons (Fsp3) is 0.154. The minimum atomic E-state index is 0.516. The molecule has 0 aliphatic rings. The summed E-state index contributed by atoms with van der Waals surface area (Å²) in [7, 11) is 0. The summed E-state index contributed by atoms with van der Waals surface area (Å²) in [6.07, 6.45) is 5.27. The molecule has 0 spiro atoms. The summed E-state index contributed by atoms with van der Waals surface area (Å²) in [6, 6.07) is 7.81. The Balaban J connectivity index is 1.93. The van der Waals surface area contributed by atoms with E-state index in [0.29, 0.717) is 13.2 Å². The fourth-order valence-corrected chi connectivity index (χ4v) is 1.43. The third kappa shape index (κ3) is 3.38. The van der Waals surface area contributed by atoms with Crippen LogP contribution in [-0.4, -0.2) is 16.6 Å². The second-order valence-corrected chi connectivity index (χ2v) is 3.52. The van der Waals surface area contributed by atoms with Crippen molar-refractivity contribution in [2.75, 3.05) is 11.9 Å². The Labute approximate surface area is 100 Å². The molecule has 17 heavy (non-hydrogen) atoms. The summed E-state index contributed by atoms with van der Waals surface area (Å²) in [5.74, 6) is 1.73. The Morgan fingerprint density at radius 2 is 2.41 bits per heavy atom. The molecule has 0 atom stereocenters. The van der Waals surface area contributed by atoms with Crippen LogP contribution in [0, 0.1) is 0 Å². The van der Waals surface area contributed by atoms with Gasteiger partial charge in [-0.1, -0.05) is 18.7 Å². The molecule has 0 aliphatic heterocycles. The van der Waals surface area contributed by atoms with Crippen LogP contribution in [0.3, 0.4) is 0 Å². The zero-order chi connectivity index (χ0) is 11.9. The van der Waals surface area contributed by atoms with Crippen molar-refractivity contribution in [3.05, 3.63) is 55.1 Å². The zero-order valence-electron chi connectivity index (χ0n) is 9.52. The van der Waals surface area contributed by atoms with Gasteiger partial charge in [0, 0.05) is 24.1 Å². The van der Waals surface area contributed by atoms with Gasteiger partial charge in [-0.15, -0.1) is 0 Å². The van der Waals surface area contributed by atoms with Crippen LogP contribution in [0.2, 0.25) is 0 Å². The number of imidazole rings is 1. The van der Waals surface area contributed by atoms with Crippen LogP contribution in [-0.2, 0) is 6.54 Å². The van der Waals surface area contributed by atoms with Crippen LogP contribution in [0.15, 0.2) is 49.3 Å². The fourth-order valence-electron chi connectivity index (χ4n) is 1.43. The predicted molar refractivity (Wildman–Crippen MR) is 68.0 cm³/mol. The number of nitrogens with one attached hydrogen (secondary N) is 2. The van der Waals surface area contributed by atoms with Gasteiger partial charge >= 0.3 is 0 Å². The SMILES string of the molecule is C=CCOc1cccc(NCc2ncc[nH]2)c1. The maximum atomic E-state index is 5.45. The van der Waals surface area contributed by atoms with E-state index in [1.165, 1.54) is 0 Å². The lowest BCUT2D eigenvalue weighted by molar-refractivity contribution is 0.363. The largest absolute Gasteiger partial charge is 0.489 e. The maximum absolute atomic E-state index is 5.45. The van der Waals surface area contributed by atoms with Gasteiger partial charge in [-0.05, 0) is 12.1 Å². The van der Waals surface area contributed by atoms with Gasteiger partial charge in [0.05, 0.1) is 6.54 Å². The third-order valence-corrected chi connectivity index (χ3v) is 2.22. The molecule has 0 radical (unpaired) electrons. The molecular formula is C13H15N3O. The van der Waals surface area contributed by atoms with Gasteiger partial charge in [-0.25, -0.2) is 4.98 Å². The summed E-state index contributed by atoms with van der Waals surface area (Å²) < 4.78 is 5.45. The lowest BCUT2D eigenvalue weighted by atomic mass is 10.3. The second kappa shape index (κ2) is 5.75. The van der Waals surface area contributed by atoms with Crippen LogP contribution < -0.4 is 10.1 Å². The van der Waals surface area contributed by atoms with Gasteiger partial charge in [0.1, 0.15) is 18.2 Å². The maximum Gasteiger partial charge on any atom is 0.125 e. The van der Waals surface area contributed by atoms with Crippen LogP contribution in [0.1, 0.15) is 5.82 Å². The number of ether oxygens (including phenoxy) is 1. The number of H-pyrrole nitrogens is 1. The van der Waals surface area contributed by atoms with Gasteiger partial charge in [0.15, 0.2) is 0 Å². The Hall–Kier alpha value is -2.23. The molecule has 2 N–H and O–H groups in total. The average Bonchev–Trinajstić information content (AvgIpc) is 2.87. The minimum absolute atomic E-state index is 0.516. The summed E-state index contributed by atoms with van der Waals surface area (Å²) >= 11 is 0. The molecule has 4 heteroatoms.